The van der Waals surface area contributed by atoms with Crippen LogP contribution >= 0.6 is 0 Å². The minimum Gasteiger partial charge on any atom is -0.482 e. The quantitative estimate of drug-likeness (QED) is 0.451. The summed E-state index contributed by atoms with van der Waals surface area (Å²) < 4.78 is 11.6. The van der Waals surface area contributed by atoms with Crippen molar-refractivity contribution in [1.29, 1.82) is 0 Å². The fourth-order valence-electron chi connectivity index (χ4n) is 3.96. The first-order valence-electron chi connectivity index (χ1n) is 11.6. The third-order valence-corrected chi connectivity index (χ3v) is 6.20. The predicted octanol–water partition coefficient (Wildman–Crippen LogP) is 1.62. The lowest BCUT2D eigenvalue weighted by molar-refractivity contribution is -0.128. The molecule has 0 spiro atoms. The summed E-state index contributed by atoms with van der Waals surface area (Å²) in [4.78, 5) is 57.7. The molecule has 0 bridgehead atoms. The number of carbonyl (C=O) groups excluding carboxylic acids is 3. The number of rotatable bonds is 8. The van der Waals surface area contributed by atoms with Crippen LogP contribution in [-0.2, 0) is 19.1 Å². The first kappa shape index (κ1) is 26.3. The van der Waals surface area contributed by atoms with Gasteiger partial charge in [-0.15, -0.1) is 0 Å². The standard InChI is InChI=1S/C27H27N5O6/c1-16(26(35)30(3)11-12-37-5)29-25(34)17(2)32-15-28-24-19(7-6-8-20(24)27(32)36)18-9-10-21-22(13-18)38-14-23(33)31(21)4/h6-10,13,15H,1-2,11-12,14H2,3-5H3,(H,29,34). The van der Waals surface area contributed by atoms with E-state index in [4.69, 9.17) is 9.47 Å². The Kier molecular flexibility index (Phi) is 7.40. The SMILES string of the molecule is C=C(NC(=O)C(=C)n1cnc2c(-c3ccc4c(c3)OCC(=O)N4C)cccc2c1=O)C(=O)N(C)CCOC. The lowest BCUT2D eigenvalue weighted by atomic mass is 10.0. The fraction of sp³-hybridized carbons (Fsp3) is 0.222. The molecule has 11 nitrogen and oxygen atoms in total. The van der Waals surface area contributed by atoms with Gasteiger partial charge >= 0.3 is 0 Å². The summed E-state index contributed by atoms with van der Waals surface area (Å²) in [5.41, 5.74) is 1.58. The molecule has 1 aliphatic heterocycles. The Balaban J connectivity index is 1.61. The van der Waals surface area contributed by atoms with Gasteiger partial charge in [-0.05, 0) is 23.8 Å². The van der Waals surface area contributed by atoms with Gasteiger partial charge in [-0.2, -0.15) is 0 Å². The number of amides is 3. The maximum absolute atomic E-state index is 13.3. The van der Waals surface area contributed by atoms with Gasteiger partial charge in [0.25, 0.3) is 23.3 Å². The van der Waals surface area contributed by atoms with Gasteiger partial charge in [-0.1, -0.05) is 31.4 Å². The summed E-state index contributed by atoms with van der Waals surface area (Å²) >= 11 is 0. The largest absolute Gasteiger partial charge is 0.482 e. The van der Waals surface area contributed by atoms with E-state index in [9.17, 15) is 19.2 Å². The summed E-state index contributed by atoms with van der Waals surface area (Å²) in [7, 11) is 4.74. The number of anilines is 1. The molecule has 196 valence electrons. The molecule has 11 heteroatoms. The number of benzene rings is 2. The third-order valence-electron chi connectivity index (χ3n) is 6.20. The summed E-state index contributed by atoms with van der Waals surface area (Å²) in [5.74, 6) is -0.870. The van der Waals surface area contributed by atoms with Crippen molar-refractivity contribution in [3.63, 3.8) is 0 Å². The summed E-state index contributed by atoms with van der Waals surface area (Å²) in [6.45, 7) is 7.91. The molecule has 1 N–H and O–H groups in total. The molecule has 3 aromatic rings. The number of fused-ring (bicyclic) bond motifs is 2. The van der Waals surface area contributed by atoms with Crippen molar-refractivity contribution in [3.05, 3.63) is 71.9 Å². The van der Waals surface area contributed by atoms with E-state index in [1.807, 2.05) is 12.1 Å². The summed E-state index contributed by atoms with van der Waals surface area (Å²) in [5, 5.41) is 2.65. The Bertz CT molecular complexity index is 1540. The Labute approximate surface area is 218 Å². The molecule has 0 atom stereocenters. The molecule has 2 aromatic carbocycles. The maximum atomic E-state index is 13.3. The number of para-hydroxylation sites is 1. The van der Waals surface area contributed by atoms with Crippen LogP contribution < -0.4 is 20.5 Å². The summed E-state index contributed by atoms with van der Waals surface area (Å²) in [6.07, 6.45) is 1.22. The maximum Gasteiger partial charge on any atom is 0.272 e. The topological polar surface area (TPSA) is 123 Å². The van der Waals surface area contributed by atoms with E-state index in [1.54, 1.807) is 38.4 Å². The molecular weight excluding hydrogens is 490 g/mol. The molecule has 3 amide bonds. The molecule has 38 heavy (non-hydrogen) atoms. The molecule has 1 aliphatic rings. The van der Waals surface area contributed by atoms with Gasteiger partial charge in [0.15, 0.2) is 6.61 Å². The molecule has 0 unspecified atom stereocenters. The molecule has 1 aromatic heterocycles. The van der Waals surface area contributed by atoms with Crippen LogP contribution in [0, 0.1) is 0 Å². The zero-order valence-electron chi connectivity index (χ0n) is 21.3. The average molecular weight is 518 g/mol. The number of likely N-dealkylation sites (N-methyl/N-ethyl adjacent to an activating group) is 2. The average Bonchev–Trinajstić information content (AvgIpc) is 2.92. The molecule has 0 saturated carbocycles. The minimum absolute atomic E-state index is 0.0584. The monoisotopic (exact) mass is 517 g/mol. The van der Waals surface area contributed by atoms with Crippen molar-refractivity contribution in [2.24, 2.45) is 0 Å². The highest BCUT2D eigenvalue weighted by atomic mass is 16.5. The van der Waals surface area contributed by atoms with Crippen molar-refractivity contribution in [2.45, 2.75) is 0 Å². The first-order chi connectivity index (χ1) is 18.1. The Morgan fingerprint density at radius 2 is 1.97 bits per heavy atom. The molecule has 2 heterocycles. The normalized spacial score (nSPS) is 12.5. The highest BCUT2D eigenvalue weighted by molar-refractivity contribution is 6.15. The number of ether oxygens (including phenoxy) is 2. The third kappa shape index (κ3) is 4.91. The van der Waals surface area contributed by atoms with Gasteiger partial charge in [-0.3, -0.25) is 23.7 Å². The van der Waals surface area contributed by atoms with E-state index < -0.39 is 17.4 Å². The number of hydrogen-bond donors (Lipinski definition) is 1. The van der Waals surface area contributed by atoms with Gasteiger partial charge in [0.1, 0.15) is 17.8 Å². The van der Waals surface area contributed by atoms with Gasteiger partial charge in [0.2, 0.25) is 0 Å². The molecule has 4 rings (SSSR count). The lowest BCUT2D eigenvalue weighted by Gasteiger charge is -2.26. The van der Waals surface area contributed by atoms with Gasteiger partial charge in [-0.25, -0.2) is 4.98 Å². The van der Waals surface area contributed by atoms with E-state index in [2.05, 4.69) is 23.5 Å². The van der Waals surface area contributed by atoms with E-state index in [0.29, 0.717) is 35.7 Å². The highest BCUT2D eigenvalue weighted by Crippen LogP contribution is 2.36. The molecular formula is C27H27N5O6. The lowest BCUT2D eigenvalue weighted by Crippen LogP contribution is -2.38. The smallest absolute Gasteiger partial charge is 0.272 e. The van der Waals surface area contributed by atoms with Crippen LogP contribution in [0.4, 0.5) is 5.69 Å². The Morgan fingerprint density at radius 1 is 1.21 bits per heavy atom. The van der Waals surface area contributed by atoms with Crippen LogP contribution in [0.3, 0.4) is 0 Å². The van der Waals surface area contributed by atoms with E-state index in [0.717, 1.165) is 10.1 Å². The van der Waals surface area contributed by atoms with E-state index in [1.165, 1.54) is 23.2 Å². The van der Waals surface area contributed by atoms with E-state index in [-0.39, 0.29) is 29.3 Å². The van der Waals surface area contributed by atoms with Gasteiger partial charge in [0.05, 0.1) is 28.9 Å². The zero-order valence-corrected chi connectivity index (χ0v) is 21.3. The highest BCUT2D eigenvalue weighted by Gasteiger charge is 2.23. The van der Waals surface area contributed by atoms with Crippen molar-refractivity contribution in [2.75, 3.05) is 45.9 Å². The van der Waals surface area contributed by atoms with Crippen LogP contribution in [0.1, 0.15) is 0 Å². The number of hydrogen-bond acceptors (Lipinski definition) is 7. The number of aromatic nitrogens is 2. The Morgan fingerprint density at radius 3 is 2.71 bits per heavy atom. The van der Waals surface area contributed by atoms with Crippen molar-refractivity contribution < 1.29 is 23.9 Å². The predicted molar refractivity (Wildman–Crippen MR) is 142 cm³/mol. The number of methoxy groups -OCH3 is 1. The van der Waals surface area contributed by atoms with Gasteiger partial charge in [0, 0.05) is 33.3 Å². The molecule has 0 saturated heterocycles. The zero-order chi connectivity index (χ0) is 27.6. The first-order valence-corrected chi connectivity index (χ1v) is 11.6. The second-order valence-corrected chi connectivity index (χ2v) is 8.64. The van der Waals surface area contributed by atoms with Crippen LogP contribution in [0.2, 0.25) is 0 Å². The number of carbonyl (C=O) groups is 3. The Hall–Kier alpha value is -4.77. The number of nitrogens with zero attached hydrogens (tertiary/aromatic N) is 4. The van der Waals surface area contributed by atoms with Crippen LogP contribution in [0.5, 0.6) is 5.75 Å². The van der Waals surface area contributed by atoms with Crippen molar-refractivity contribution in [1.82, 2.24) is 19.8 Å². The van der Waals surface area contributed by atoms with Crippen molar-refractivity contribution in [3.8, 4) is 16.9 Å². The second kappa shape index (κ2) is 10.7. The summed E-state index contributed by atoms with van der Waals surface area (Å²) in [6, 6.07) is 10.5. The second-order valence-electron chi connectivity index (χ2n) is 8.64. The minimum atomic E-state index is -0.770. The fourth-order valence-corrected chi connectivity index (χ4v) is 3.96. The van der Waals surface area contributed by atoms with E-state index >= 15 is 0 Å². The van der Waals surface area contributed by atoms with Gasteiger partial charge < -0.3 is 24.6 Å². The molecule has 0 aliphatic carbocycles. The number of nitrogens with one attached hydrogen (secondary N) is 1. The van der Waals surface area contributed by atoms with Crippen molar-refractivity contribution >= 4 is 40.0 Å². The molecule has 0 fully saturated rings. The van der Waals surface area contributed by atoms with Crippen LogP contribution in [0.25, 0.3) is 27.7 Å². The van der Waals surface area contributed by atoms with Crippen LogP contribution in [-0.4, -0.2) is 73.1 Å². The van der Waals surface area contributed by atoms with Crippen LogP contribution in [0.15, 0.2) is 66.4 Å². The molecule has 0 radical (unpaired) electrons.